The summed E-state index contributed by atoms with van der Waals surface area (Å²) >= 11 is 0. The molecular weight excluding hydrogens is 228 g/mol. The molecule has 0 bridgehead atoms. The SMILES string of the molecule is COC(=O)/C=C(/C)C#CC1(C)CCC(=O)C=C1C. The number of ketones is 1. The van der Waals surface area contributed by atoms with Gasteiger partial charge >= 0.3 is 5.97 Å². The van der Waals surface area contributed by atoms with Crippen molar-refractivity contribution in [2.45, 2.75) is 33.6 Å². The summed E-state index contributed by atoms with van der Waals surface area (Å²) in [6.07, 6.45) is 4.29. The zero-order valence-corrected chi connectivity index (χ0v) is 11.3. The standard InChI is InChI=1S/C15H18O3/c1-11(9-14(17)18-4)5-7-15(3)8-6-13(16)10-12(15)2/h9-10H,6,8H2,1-4H3/b11-9-. The summed E-state index contributed by atoms with van der Waals surface area (Å²) in [5, 5.41) is 0. The van der Waals surface area contributed by atoms with Gasteiger partial charge in [-0.05, 0) is 33.3 Å². The highest BCUT2D eigenvalue weighted by molar-refractivity contribution is 5.91. The minimum Gasteiger partial charge on any atom is -0.466 e. The van der Waals surface area contributed by atoms with Gasteiger partial charge in [-0.1, -0.05) is 17.4 Å². The Kier molecular flexibility index (Phi) is 4.49. The largest absolute Gasteiger partial charge is 0.466 e. The van der Waals surface area contributed by atoms with Gasteiger partial charge in [0, 0.05) is 18.1 Å². The summed E-state index contributed by atoms with van der Waals surface area (Å²) in [4.78, 5) is 22.3. The van der Waals surface area contributed by atoms with Gasteiger partial charge in [-0.25, -0.2) is 4.79 Å². The molecule has 1 aliphatic carbocycles. The molecule has 1 aliphatic rings. The average Bonchev–Trinajstić information content (AvgIpc) is 2.32. The molecule has 1 rings (SSSR count). The van der Waals surface area contributed by atoms with E-state index in [1.807, 2.05) is 13.8 Å². The predicted molar refractivity (Wildman–Crippen MR) is 69.7 cm³/mol. The van der Waals surface area contributed by atoms with Crippen LogP contribution >= 0.6 is 0 Å². The molecule has 0 aromatic rings. The van der Waals surface area contributed by atoms with E-state index in [-0.39, 0.29) is 11.2 Å². The van der Waals surface area contributed by atoms with Crippen LogP contribution in [0.15, 0.2) is 23.3 Å². The fourth-order valence-corrected chi connectivity index (χ4v) is 1.71. The van der Waals surface area contributed by atoms with Crippen molar-refractivity contribution >= 4 is 11.8 Å². The Morgan fingerprint density at radius 2 is 2.22 bits per heavy atom. The molecule has 0 N–H and O–H groups in total. The summed E-state index contributed by atoms with van der Waals surface area (Å²) in [5.74, 6) is 5.87. The van der Waals surface area contributed by atoms with Crippen LogP contribution in [0.2, 0.25) is 0 Å². The Balaban J connectivity index is 2.91. The molecular formula is C15H18O3. The molecule has 0 heterocycles. The van der Waals surface area contributed by atoms with Gasteiger partial charge in [-0.2, -0.15) is 0 Å². The molecule has 0 saturated heterocycles. The van der Waals surface area contributed by atoms with Gasteiger partial charge in [0.15, 0.2) is 5.78 Å². The third kappa shape index (κ3) is 3.59. The van der Waals surface area contributed by atoms with E-state index in [0.29, 0.717) is 12.0 Å². The van der Waals surface area contributed by atoms with Crippen molar-refractivity contribution in [1.29, 1.82) is 0 Å². The molecule has 0 amide bonds. The molecule has 0 spiro atoms. The lowest BCUT2D eigenvalue weighted by Gasteiger charge is -2.27. The summed E-state index contributed by atoms with van der Waals surface area (Å²) < 4.78 is 4.53. The first-order valence-corrected chi connectivity index (χ1v) is 5.88. The van der Waals surface area contributed by atoms with Gasteiger partial charge in [0.1, 0.15) is 0 Å². The van der Waals surface area contributed by atoms with Crippen LogP contribution in [0.5, 0.6) is 0 Å². The Morgan fingerprint density at radius 3 is 2.78 bits per heavy atom. The highest BCUT2D eigenvalue weighted by Gasteiger charge is 2.28. The van der Waals surface area contributed by atoms with E-state index in [1.165, 1.54) is 13.2 Å². The third-order valence-corrected chi connectivity index (χ3v) is 3.19. The van der Waals surface area contributed by atoms with E-state index in [4.69, 9.17) is 0 Å². The number of hydrogen-bond acceptors (Lipinski definition) is 3. The Labute approximate surface area is 108 Å². The third-order valence-electron chi connectivity index (χ3n) is 3.19. The number of carbonyl (C=O) groups is 2. The maximum absolute atomic E-state index is 11.3. The molecule has 0 aromatic heterocycles. The lowest BCUT2D eigenvalue weighted by Crippen LogP contribution is -2.22. The monoisotopic (exact) mass is 246 g/mol. The van der Waals surface area contributed by atoms with Crippen molar-refractivity contribution in [2.75, 3.05) is 7.11 Å². The molecule has 1 unspecified atom stereocenters. The van der Waals surface area contributed by atoms with E-state index in [1.54, 1.807) is 13.0 Å². The van der Waals surface area contributed by atoms with E-state index in [2.05, 4.69) is 16.6 Å². The van der Waals surface area contributed by atoms with Gasteiger partial charge in [0.05, 0.1) is 12.5 Å². The fourth-order valence-electron chi connectivity index (χ4n) is 1.71. The second kappa shape index (κ2) is 5.68. The number of esters is 1. The lowest BCUT2D eigenvalue weighted by atomic mass is 9.75. The van der Waals surface area contributed by atoms with Crippen LogP contribution in [-0.2, 0) is 14.3 Å². The van der Waals surface area contributed by atoms with E-state index < -0.39 is 5.97 Å². The highest BCUT2D eigenvalue weighted by atomic mass is 16.5. The van der Waals surface area contributed by atoms with Crippen LogP contribution in [0, 0.1) is 17.3 Å². The first kappa shape index (κ1) is 14.2. The topological polar surface area (TPSA) is 43.4 Å². The van der Waals surface area contributed by atoms with Crippen molar-refractivity contribution in [1.82, 2.24) is 0 Å². The first-order chi connectivity index (χ1) is 8.37. The van der Waals surface area contributed by atoms with Crippen LogP contribution in [0.1, 0.15) is 33.6 Å². The molecule has 0 radical (unpaired) electrons. The summed E-state index contributed by atoms with van der Waals surface area (Å²) in [7, 11) is 1.33. The lowest BCUT2D eigenvalue weighted by molar-refractivity contribution is -0.134. The van der Waals surface area contributed by atoms with Gasteiger partial charge in [-0.3, -0.25) is 4.79 Å². The first-order valence-electron chi connectivity index (χ1n) is 5.88. The Bertz CT molecular complexity index is 486. The fraction of sp³-hybridized carbons (Fsp3) is 0.467. The zero-order chi connectivity index (χ0) is 13.8. The van der Waals surface area contributed by atoms with Gasteiger partial charge in [0.25, 0.3) is 0 Å². The normalized spacial score (nSPS) is 23.9. The maximum Gasteiger partial charge on any atom is 0.331 e. The number of rotatable bonds is 1. The number of ether oxygens (including phenoxy) is 1. The van der Waals surface area contributed by atoms with Crippen LogP contribution in [-0.4, -0.2) is 18.9 Å². The molecule has 18 heavy (non-hydrogen) atoms. The number of allylic oxidation sites excluding steroid dienone is 3. The smallest absolute Gasteiger partial charge is 0.331 e. The second-order valence-electron chi connectivity index (χ2n) is 4.73. The van der Waals surface area contributed by atoms with Gasteiger partial charge < -0.3 is 4.74 Å². The van der Waals surface area contributed by atoms with Gasteiger partial charge in [-0.15, -0.1) is 0 Å². The van der Waals surface area contributed by atoms with Crippen LogP contribution in [0.4, 0.5) is 0 Å². The molecule has 0 aromatic carbocycles. The predicted octanol–water partition coefficient (Wildman–Crippen LogP) is 2.42. The maximum atomic E-state index is 11.3. The zero-order valence-electron chi connectivity index (χ0n) is 11.3. The van der Waals surface area contributed by atoms with Crippen molar-refractivity contribution in [3.63, 3.8) is 0 Å². The van der Waals surface area contributed by atoms with Crippen LogP contribution < -0.4 is 0 Å². The molecule has 0 saturated carbocycles. The van der Waals surface area contributed by atoms with Crippen LogP contribution in [0.25, 0.3) is 0 Å². The Morgan fingerprint density at radius 1 is 1.56 bits per heavy atom. The molecule has 0 fully saturated rings. The number of carbonyl (C=O) groups excluding carboxylic acids is 2. The average molecular weight is 246 g/mol. The van der Waals surface area contributed by atoms with E-state index >= 15 is 0 Å². The summed E-state index contributed by atoms with van der Waals surface area (Å²) in [5.41, 5.74) is 1.36. The van der Waals surface area contributed by atoms with Crippen molar-refractivity contribution in [2.24, 2.45) is 5.41 Å². The highest BCUT2D eigenvalue weighted by Crippen LogP contribution is 2.35. The minimum atomic E-state index is -0.405. The van der Waals surface area contributed by atoms with E-state index in [0.717, 1.165) is 12.0 Å². The quantitative estimate of drug-likeness (QED) is 0.405. The van der Waals surface area contributed by atoms with Crippen molar-refractivity contribution in [3.05, 3.63) is 23.3 Å². The Hall–Kier alpha value is -1.82. The minimum absolute atomic E-state index is 0.161. The molecule has 0 aliphatic heterocycles. The molecule has 3 nitrogen and oxygen atoms in total. The van der Waals surface area contributed by atoms with Crippen molar-refractivity contribution < 1.29 is 14.3 Å². The summed E-state index contributed by atoms with van der Waals surface area (Å²) in [6.45, 7) is 5.70. The van der Waals surface area contributed by atoms with Crippen LogP contribution in [0.3, 0.4) is 0 Å². The number of methoxy groups -OCH3 is 1. The number of hydrogen-bond donors (Lipinski definition) is 0. The second-order valence-corrected chi connectivity index (χ2v) is 4.73. The molecule has 96 valence electrons. The molecule has 1 atom stereocenters. The molecule has 3 heteroatoms. The van der Waals surface area contributed by atoms with E-state index in [9.17, 15) is 9.59 Å². The van der Waals surface area contributed by atoms with Gasteiger partial charge in [0.2, 0.25) is 0 Å². The van der Waals surface area contributed by atoms with Crippen molar-refractivity contribution in [3.8, 4) is 11.8 Å². The summed E-state index contributed by atoms with van der Waals surface area (Å²) in [6, 6.07) is 0.